The van der Waals surface area contributed by atoms with Crippen molar-refractivity contribution in [2.75, 3.05) is 11.9 Å². The lowest BCUT2D eigenvalue weighted by Crippen LogP contribution is -2.38. The summed E-state index contributed by atoms with van der Waals surface area (Å²) >= 11 is 0. The first-order valence-electron chi connectivity index (χ1n) is 9.46. The molecular weight excluding hydrogens is 358 g/mol. The zero-order chi connectivity index (χ0) is 19.5. The third kappa shape index (κ3) is 3.60. The molecule has 1 aliphatic carbocycles. The van der Waals surface area contributed by atoms with Gasteiger partial charge in [0.15, 0.2) is 0 Å². The number of aromatic nitrogens is 1. The third-order valence-electron chi connectivity index (χ3n) is 5.24. The van der Waals surface area contributed by atoms with Gasteiger partial charge in [0.05, 0.1) is 11.8 Å². The summed E-state index contributed by atoms with van der Waals surface area (Å²) < 4.78 is 5.73. The van der Waals surface area contributed by atoms with E-state index in [2.05, 4.69) is 10.3 Å². The summed E-state index contributed by atoms with van der Waals surface area (Å²) in [7, 11) is 0. The van der Waals surface area contributed by atoms with Crippen molar-refractivity contribution >= 4 is 23.4 Å². The average Bonchev–Trinajstić information content (AvgIpc) is 2.95. The van der Waals surface area contributed by atoms with Crippen LogP contribution in [0.5, 0.6) is 11.6 Å². The number of pyridine rings is 1. The topological polar surface area (TPSA) is 88.6 Å². The zero-order valence-corrected chi connectivity index (χ0v) is 15.3. The number of fused-ring (bicyclic) bond motifs is 1. The molecule has 2 aliphatic rings. The molecule has 0 radical (unpaired) electrons. The maximum absolute atomic E-state index is 12.5. The minimum absolute atomic E-state index is 0.225. The van der Waals surface area contributed by atoms with E-state index in [-0.39, 0.29) is 36.1 Å². The van der Waals surface area contributed by atoms with Gasteiger partial charge in [-0.3, -0.25) is 19.3 Å². The van der Waals surface area contributed by atoms with Gasteiger partial charge in [0, 0.05) is 6.20 Å². The SMILES string of the molecule is O=C(CN1C(=O)[C@@H]2CCCC[C@H]2C1=O)Nc1cccnc1Oc1ccccc1. The second-order valence-corrected chi connectivity index (χ2v) is 7.08. The van der Waals surface area contributed by atoms with Gasteiger partial charge in [0.1, 0.15) is 18.0 Å². The number of hydrogen-bond donors (Lipinski definition) is 1. The Morgan fingerprint density at radius 1 is 1.04 bits per heavy atom. The maximum Gasteiger partial charge on any atom is 0.244 e. The number of likely N-dealkylation sites (tertiary alicyclic amines) is 1. The van der Waals surface area contributed by atoms with Gasteiger partial charge in [-0.05, 0) is 37.1 Å². The van der Waals surface area contributed by atoms with E-state index in [4.69, 9.17) is 4.74 Å². The predicted molar refractivity (Wildman–Crippen MR) is 102 cm³/mol. The number of amides is 3. The Kier molecular flexibility index (Phi) is 5.06. The van der Waals surface area contributed by atoms with Gasteiger partial charge < -0.3 is 10.1 Å². The highest BCUT2D eigenvalue weighted by Gasteiger charge is 2.48. The van der Waals surface area contributed by atoms with Crippen LogP contribution < -0.4 is 10.1 Å². The van der Waals surface area contributed by atoms with E-state index in [1.54, 1.807) is 30.5 Å². The first-order chi connectivity index (χ1) is 13.6. The quantitative estimate of drug-likeness (QED) is 0.807. The molecule has 7 heteroatoms. The van der Waals surface area contributed by atoms with Gasteiger partial charge >= 0.3 is 0 Å². The Bertz CT molecular complexity index is 876. The number of nitrogens with zero attached hydrogens (tertiary/aromatic N) is 2. The molecule has 1 saturated heterocycles. The van der Waals surface area contributed by atoms with Crippen molar-refractivity contribution in [3.63, 3.8) is 0 Å². The van der Waals surface area contributed by atoms with Crippen molar-refractivity contribution < 1.29 is 19.1 Å². The highest BCUT2D eigenvalue weighted by molar-refractivity contribution is 6.08. The van der Waals surface area contributed by atoms with Crippen molar-refractivity contribution in [2.45, 2.75) is 25.7 Å². The van der Waals surface area contributed by atoms with E-state index in [0.29, 0.717) is 11.4 Å². The molecular formula is C21H21N3O4. The minimum Gasteiger partial charge on any atom is -0.437 e. The highest BCUT2D eigenvalue weighted by Crippen LogP contribution is 2.38. The Morgan fingerprint density at radius 3 is 2.39 bits per heavy atom. The van der Waals surface area contributed by atoms with Crippen LogP contribution in [-0.2, 0) is 14.4 Å². The summed E-state index contributed by atoms with van der Waals surface area (Å²) in [5.41, 5.74) is 0.382. The zero-order valence-electron chi connectivity index (χ0n) is 15.3. The summed E-state index contributed by atoms with van der Waals surface area (Å²) in [6, 6.07) is 12.4. The van der Waals surface area contributed by atoms with Crippen molar-refractivity contribution in [3.05, 3.63) is 48.7 Å². The lowest BCUT2D eigenvalue weighted by atomic mass is 9.81. The predicted octanol–water partition coefficient (Wildman–Crippen LogP) is 2.99. The van der Waals surface area contributed by atoms with Crippen LogP contribution in [0.4, 0.5) is 5.69 Å². The Morgan fingerprint density at radius 2 is 1.71 bits per heavy atom. The third-order valence-corrected chi connectivity index (χ3v) is 5.24. The average molecular weight is 379 g/mol. The van der Waals surface area contributed by atoms with Gasteiger partial charge in [-0.15, -0.1) is 0 Å². The number of imide groups is 1. The Hall–Kier alpha value is -3.22. The lowest BCUT2D eigenvalue weighted by Gasteiger charge is -2.19. The standard InChI is InChI=1S/C21H21N3O4/c25-18(13-24-20(26)15-9-4-5-10-16(15)21(24)27)23-17-11-6-12-22-19(17)28-14-7-2-1-3-8-14/h1-3,6-8,11-12,15-16H,4-5,9-10,13H2,(H,23,25)/t15-,16-/m1/s1. The fourth-order valence-electron chi connectivity index (χ4n) is 3.89. The molecule has 2 atom stereocenters. The molecule has 28 heavy (non-hydrogen) atoms. The van der Waals surface area contributed by atoms with Gasteiger partial charge in [0.2, 0.25) is 23.6 Å². The molecule has 1 aliphatic heterocycles. The number of hydrogen-bond acceptors (Lipinski definition) is 5. The number of anilines is 1. The highest BCUT2D eigenvalue weighted by atomic mass is 16.5. The molecule has 4 rings (SSSR count). The second-order valence-electron chi connectivity index (χ2n) is 7.08. The number of rotatable bonds is 5. The van der Waals surface area contributed by atoms with Crippen molar-refractivity contribution in [1.82, 2.24) is 9.88 Å². The smallest absolute Gasteiger partial charge is 0.244 e. The molecule has 1 N–H and O–H groups in total. The van der Waals surface area contributed by atoms with E-state index in [9.17, 15) is 14.4 Å². The molecule has 3 amide bonds. The number of ether oxygens (including phenoxy) is 1. The van der Waals surface area contributed by atoms with Crippen LogP contribution in [0.25, 0.3) is 0 Å². The molecule has 0 bridgehead atoms. The van der Waals surface area contributed by atoms with Crippen LogP contribution in [-0.4, -0.2) is 34.2 Å². The van der Waals surface area contributed by atoms with Crippen molar-refractivity contribution in [1.29, 1.82) is 0 Å². The lowest BCUT2D eigenvalue weighted by molar-refractivity contribution is -0.142. The molecule has 2 fully saturated rings. The minimum atomic E-state index is -0.453. The normalized spacial score (nSPS) is 21.4. The van der Waals surface area contributed by atoms with E-state index in [1.165, 1.54) is 0 Å². The molecule has 0 spiro atoms. The van der Waals surface area contributed by atoms with Crippen LogP contribution >= 0.6 is 0 Å². The number of carbonyl (C=O) groups excluding carboxylic acids is 3. The van der Waals surface area contributed by atoms with Crippen molar-refractivity contribution in [3.8, 4) is 11.6 Å². The number of carbonyl (C=O) groups is 3. The van der Waals surface area contributed by atoms with E-state index in [1.807, 2.05) is 18.2 Å². The van der Waals surface area contributed by atoms with Gasteiger partial charge in [-0.2, -0.15) is 0 Å². The van der Waals surface area contributed by atoms with E-state index in [0.717, 1.165) is 30.6 Å². The second kappa shape index (κ2) is 7.80. The van der Waals surface area contributed by atoms with E-state index < -0.39 is 5.91 Å². The number of para-hydroxylation sites is 1. The number of nitrogens with one attached hydrogen (secondary N) is 1. The molecule has 2 aromatic rings. The van der Waals surface area contributed by atoms with Gasteiger partial charge in [-0.1, -0.05) is 31.0 Å². The molecule has 1 aromatic carbocycles. The Balaban J connectivity index is 1.44. The monoisotopic (exact) mass is 379 g/mol. The molecule has 1 aromatic heterocycles. The van der Waals surface area contributed by atoms with Crippen LogP contribution in [0, 0.1) is 11.8 Å². The van der Waals surface area contributed by atoms with Gasteiger partial charge in [0.25, 0.3) is 0 Å². The fourth-order valence-corrected chi connectivity index (χ4v) is 3.89. The largest absolute Gasteiger partial charge is 0.437 e. The van der Waals surface area contributed by atoms with Gasteiger partial charge in [-0.25, -0.2) is 4.98 Å². The fraction of sp³-hybridized carbons (Fsp3) is 0.333. The summed E-state index contributed by atoms with van der Waals surface area (Å²) in [5, 5.41) is 2.71. The summed E-state index contributed by atoms with van der Waals surface area (Å²) in [4.78, 5) is 42.9. The van der Waals surface area contributed by atoms with Crippen molar-refractivity contribution in [2.24, 2.45) is 11.8 Å². The van der Waals surface area contributed by atoms with Crippen LogP contribution in [0.3, 0.4) is 0 Å². The molecule has 0 unspecified atom stereocenters. The summed E-state index contributed by atoms with van der Waals surface area (Å²) in [6.45, 7) is -0.287. The summed E-state index contributed by atoms with van der Waals surface area (Å²) in [6.07, 6.45) is 4.92. The van der Waals surface area contributed by atoms with Crippen LogP contribution in [0.15, 0.2) is 48.7 Å². The molecule has 2 heterocycles. The maximum atomic E-state index is 12.5. The molecule has 7 nitrogen and oxygen atoms in total. The first-order valence-corrected chi connectivity index (χ1v) is 9.46. The number of benzene rings is 1. The Labute approximate surface area is 162 Å². The van der Waals surface area contributed by atoms with Crippen LogP contribution in [0.1, 0.15) is 25.7 Å². The molecule has 144 valence electrons. The van der Waals surface area contributed by atoms with Crippen LogP contribution in [0.2, 0.25) is 0 Å². The first kappa shape index (κ1) is 18.2. The van der Waals surface area contributed by atoms with E-state index >= 15 is 0 Å². The summed E-state index contributed by atoms with van der Waals surface area (Å²) in [5.74, 6) is -0.589. The molecule has 1 saturated carbocycles.